The van der Waals surface area contributed by atoms with E-state index in [0.717, 1.165) is 23.4 Å². The quantitative estimate of drug-likeness (QED) is 0.612. The van der Waals surface area contributed by atoms with Crippen molar-refractivity contribution < 1.29 is 18.3 Å². The highest BCUT2D eigenvalue weighted by Crippen LogP contribution is 2.44. The largest absolute Gasteiger partial charge is 0.451 e. The summed E-state index contributed by atoms with van der Waals surface area (Å²) in [6.07, 6.45) is 2.45. The number of ether oxygens (including phenoxy) is 1. The average molecular weight is 376 g/mol. The molecule has 0 radical (unpaired) electrons. The molecule has 1 aliphatic rings. The maximum Gasteiger partial charge on any atom is 0.303 e. The highest BCUT2D eigenvalue weighted by atomic mass is 19.3. The van der Waals surface area contributed by atoms with Crippen LogP contribution in [0.25, 0.3) is 10.9 Å². The van der Waals surface area contributed by atoms with Crippen LogP contribution in [-0.2, 0) is 21.6 Å². The second-order valence-electron chi connectivity index (χ2n) is 7.13. The van der Waals surface area contributed by atoms with Gasteiger partial charge in [0.25, 0.3) is 5.92 Å². The van der Waals surface area contributed by atoms with Crippen molar-refractivity contribution in [1.29, 1.82) is 0 Å². The Morgan fingerprint density at radius 1 is 1.41 bits per heavy atom. The Morgan fingerprint density at radius 3 is 2.70 bits per heavy atom. The zero-order valence-corrected chi connectivity index (χ0v) is 16.2. The summed E-state index contributed by atoms with van der Waals surface area (Å²) in [6, 6.07) is 7.00. The first-order chi connectivity index (χ1) is 12.7. The first-order valence-corrected chi connectivity index (χ1v) is 9.32. The molecule has 0 saturated carbocycles. The van der Waals surface area contributed by atoms with Gasteiger partial charge in [-0.1, -0.05) is 31.2 Å². The molecule has 0 aliphatic carbocycles. The Hall–Kier alpha value is -2.21. The van der Waals surface area contributed by atoms with Crippen molar-refractivity contribution in [2.75, 3.05) is 6.54 Å². The SMILES string of the molecule is C/C=C(\C1NCCc2c([nH]c3ccccc23)C1(CC)OC(C)=O)C(C)(F)F. The number of hydrogen-bond acceptors (Lipinski definition) is 3. The predicted molar refractivity (Wildman–Crippen MR) is 102 cm³/mol. The van der Waals surface area contributed by atoms with E-state index < -0.39 is 23.5 Å². The molecule has 6 heteroatoms. The zero-order valence-electron chi connectivity index (χ0n) is 16.2. The molecule has 0 saturated heterocycles. The van der Waals surface area contributed by atoms with E-state index in [2.05, 4.69) is 10.3 Å². The number of esters is 1. The fourth-order valence-electron chi connectivity index (χ4n) is 4.33. The van der Waals surface area contributed by atoms with Gasteiger partial charge in [0.1, 0.15) is 0 Å². The molecule has 2 N–H and O–H groups in total. The molecular weight excluding hydrogens is 350 g/mol. The van der Waals surface area contributed by atoms with Crippen molar-refractivity contribution in [3.05, 3.63) is 47.2 Å². The fraction of sp³-hybridized carbons (Fsp3) is 0.476. The van der Waals surface area contributed by atoms with Gasteiger partial charge in [-0.2, -0.15) is 0 Å². The summed E-state index contributed by atoms with van der Waals surface area (Å²) < 4.78 is 34.7. The lowest BCUT2D eigenvalue weighted by atomic mass is 9.80. The van der Waals surface area contributed by atoms with E-state index >= 15 is 0 Å². The number of nitrogens with one attached hydrogen (secondary N) is 2. The van der Waals surface area contributed by atoms with Crippen molar-refractivity contribution in [2.45, 2.75) is 58.1 Å². The predicted octanol–water partition coefficient (Wildman–Crippen LogP) is 4.45. The Labute approximate surface area is 158 Å². The number of benzene rings is 1. The summed E-state index contributed by atoms with van der Waals surface area (Å²) in [6.45, 7) is 6.17. The van der Waals surface area contributed by atoms with Crippen molar-refractivity contribution in [2.24, 2.45) is 0 Å². The lowest BCUT2D eigenvalue weighted by Gasteiger charge is -2.41. The molecule has 0 fully saturated rings. The lowest BCUT2D eigenvalue weighted by Crippen LogP contribution is -2.53. The van der Waals surface area contributed by atoms with Crippen LogP contribution in [0.15, 0.2) is 35.9 Å². The van der Waals surface area contributed by atoms with Crippen LogP contribution in [0.1, 0.15) is 45.4 Å². The minimum atomic E-state index is -3.04. The molecule has 3 rings (SSSR count). The van der Waals surface area contributed by atoms with Crippen LogP contribution in [0.3, 0.4) is 0 Å². The molecule has 1 aromatic heterocycles. The van der Waals surface area contributed by atoms with Gasteiger partial charge in [-0.05, 0) is 37.9 Å². The second kappa shape index (κ2) is 7.08. The smallest absolute Gasteiger partial charge is 0.303 e. The molecule has 2 unspecified atom stereocenters. The van der Waals surface area contributed by atoms with Crippen LogP contribution in [0, 0.1) is 0 Å². The summed E-state index contributed by atoms with van der Waals surface area (Å²) in [5.74, 6) is -3.53. The summed E-state index contributed by atoms with van der Waals surface area (Å²) in [5, 5.41) is 4.27. The number of hydrogen-bond donors (Lipinski definition) is 2. The Morgan fingerprint density at radius 2 is 2.11 bits per heavy atom. The van der Waals surface area contributed by atoms with Gasteiger partial charge in [-0.15, -0.1) is 0 Å². The molecule has 2 aromatic rings. The minimum absolute atomic E-state index is 0.0721. The first kappa shape index (κ1) is 19.5. The van der Waals surface area contributed by atoms with Crippen molar-refractivity contribution in [3.63, 3.8) is 0 Å². The van der Waals surface area contributed by atoms with Gasteiger partial charge in [0.2, 0.25) is 0 Å². The van der Waals surface area contributed by atoms with Gasteiger partial charge in [0, 0.05) is 30.3 Å². The summed E-state index contributed by atoms with van der Waals surface area (Å²) in [5.41, 5.74) is 1.33. The summed E-state index contributed by atoms with van der Waals surface area (Å²) >= 11 is 0. The van der Waals surface area contributed by atoms with E-state index in [4.69, 9.17) is 4.74 Å². The van der Waals surface area contributed by atoms with Crippen LogP contribution >= 0.6 is 0 Å². The van der Waals surface area contributed by atoms with E-state index in [1.165, 1.54) is 13.0 Å². The molecule has 1 aromatic carbocycles. The molecule has 0 spiro atoms. The van der Waals surface area contributed by atoms with Crippen molar-refractivity contribution >= 4 is 16.9 Å². The van der Waals surface area contributed by atoms with Gasteiger partial charge >= 0.3 is 5.97 Å². The third-order valence-electron chi connectivity index (χ3n) is 5.41. The number of carbonyl (C=O) groups excluding carboxylic acids is 1. The number of H-pyrrole nitrogens is 1. The van der Waals surface area contributed by atoms with Crippen LogP contribution in [0.5, 0.6) is 0 Å². The molecule has 2 heterocycles. The van der Waals surface area contributed by atoms with E-state index in [9.17, 15) is 13.6 Å². The van der Waals surface area contributed by atoms with Gasteiger partial charge in [0.05, 0.1) is 11.7 Å². The standard InChI is InChI=1S/C21H26F2N2O2/c1-5-16(20(4,22)23)19-21(6-2,27-13(3)26)18-15(11-12-24-19)14-9-7-8-10-17(14)25-18/h5,7-10,19,24-25H,6,11-12H2,1-4H3/b16-5+. The molecule has 27 heavy (non-hydrogen) atoms. The topological polar surface area (TPSA) is 54.1 Å². The van der Waals surface area contributed by atoms with E-state index in [-0.39, 0.29) is 5.57 Å². The number of aromatic amines is 1. The first-order valence-electron chi connectivity index (χ1n) is 9.32. The number of carbonyl (C=O) groups is 1. The van der Waals surface area contributed by atoms with Gasteiger partial charge in [0.15, 0.2) is 5.60 Å². The number of aromatic nitrogens is 1. The number of allylic oxidation sites excluding steroid dienone is 1. The van der Waals surface area contributed by atoms with Gasteiger partial charge in [-0.25, -0.2) is 8.78 Å². The minimum Gasteiger partial charge on any atom is -0.451 e. The van der Waals surface area contributed by atoms with Crippen LogP contribution in [-0.4, -0.2) is 29.5 Å². The zero-order chi connectivity index (χ0) is 19.8. The molecule has 0 bridgehead atoms. The molecule has 4 nitrogen and oxygen atoms in total. The van der Waals surface area contributed by atoms with E-state index in [0.29, 0.717) is 25.1 Å². The van der Waals surface area contributed by atoms with Gasteiger partial charge < -0.3 is 15.0 Å². The highest BCUT2D eigenvalue weighted by molar-refractivity contribution is 5.85. The third-order valence-corrected chi connectivity index (χ3v) is 5.41. The van der Waals surface area contributed by atoms with Crippen LogP contribution in [0.4, 0.5) is 8.78 Å². The van der Waals surface area contributed by atoms with Crippen LogP contribution in [0.2, 0.25) is 0 Å². The van der Waals surface area contributed by atoms with Gasteiger partial charge in [-0.3, -0.25) is 4.79 Å². The van der Waals surface area contributed by atoms with E-state index in [1.807, 2.05) is 31.2 Å². The van der Waals surface area contributed by atoms with Crippen molar-refractivity contribution in [1.82, 2.24) is 10.3 Å². The monoisotopic (exact) mass is 376 g/mol. The summed E-state index contributed by atoms with van der Waals surface area (Å²) in [4.78, 5) is 15.4. The van der Waals surface area contributed by atoms with Crippen molar-refractivity contribution in [3.8, 4) is 0 Å². The maximum atomic E-state index is 14.4. The third kappa shape index (κ3) is 3.27. The lowest BCUT2D eigenvalue weighted by molar-refractivity contribution is -0.163. The molecule has 0 amide bonds. The molecule has 1 aliphatic heterocycles. The molecular formula is C21H26F2N2O2. The van der Waals surface area contributed by atoms with E-state index in [1.54, 1.807) is 6.92 Å². The fourth-order valence-corrected chi connectivity index (χ4v) is 4.33. The Kier molecular flexibility index (Phi) is 5.12. The normalized spacial score (nSPS) is 23.8. The van der Waals surface area contributed by atoms with Crippen LogP contribution < -0.4 is 5.32 Å². The molecule has 2 atom stereocenters. The number of para-hydroxylation sites is 1. The number of fused-ring (bicyclic) bond motifs is 3. The average Bonchev–Trinajstić information content (AvgIpc) is 2.90. The molecule has 146 valence electrons. The second-order valence-corrected chi connectivity index (χ2v) is 7.13. The maximum absolute atomic E-state index is 14.4. The Bertz CT molecular complexity index is 882. The number of alkyl halides is 2. The highest BCUT2D eigenvalue weighted by Gasteiger charge is 2.51. The number of rotatable bonds is 4. The summed E-state index contributed by atoms with van der Waals surface area (Å²) in [7, 11) is 0. The number of halogens is 2. The Balaban J connectivity index is 2.31.